The van der Waals surface area contributed by atoms with Crippen molar-refractivity contribution in [2.24, 2.45) is 0 Å². The number of benzene rings is 1. The highest BCUT2D eigenvalue weighted by molar-refractivity contribution is 6.35. The largest absolute Gasteiger partial charge is 0.307 e. The summed E-state index contributed by atoms with van der Waals surface area (Å²) in [5, 5.41) is 8.65. The van der Waals surface area contributed by atoms with E-state index in [1.165, 1.54) is 0 Å². The molecule has 0 radical (unpaired) electrons. The number of halogens is 1. The van der Waals surface area contributed by atoms with E-state index in [1.807, 2.05) is 36.7 Å². The van der Waals surface area contributed by atoms with Crippen LogP contribution in [0, 0.1) is 13.8 Å². The van der Waals surface area contributed by atoms with E-state index < -0.39 is 0 Å². The monoisotopic (exact) mass is 342 g/mol. The molecule has 2 aromatic heterocycles. The number of para-hydroxylation sites is 1. The van der Waals surface area contributed by atoms with E-state index in [0.29, 0.717) is 21.9 Å². The first-order chi connectivity index (χ1) is 11.5. The fraction of sp³-hybridized carbons (Fsp3) is 0.278. The van der Waals surface area contributed by atoms with Crippen molar-refractivity contribution in [1.82, 2.24) is 14.8 Å². The molecule has 1 amide bonds. The Hall–Kier alpha value is -2.40. The highest BCUT2D eigenvalue weighted by atomic mass is 35.5. The van der Waals surface area contributed by atoms with Gasteiger partial charge in [-0.15, -0.1) is 0 Å². The van der Waals surface area contributed by atoms with Gasteiger partial charge in [-0.1, -0.05) is 30.7 Å². The molecule has 1 N–H and O–H groups in total. The van der Waals surface area contributed by atoms with Crippen molar-refractivity contribution in [3.8, 4) is 0 Å². The number of pyridine rings is 1. The lowest BCUT2D eigenvalue weighted by molar-refractivity contribution is 0.102. The van der Waals surface area contributed by atoms with Crippen molar-refractivity contribution < 1.29 is 4.79 Å². The van der Waals surface area contributed by atoms with E-state index in [-0.39, 0.29) is 5.91 Å². The van der Waals surface area contributed by atoms with Gasteiger partial charge in [-0.25, -0.2) is 4.68 Å². The highest BCUT2D eigenvalue weighted by Gasteiger charge is 2.16. The van der Waals surface area contributed by atoms with Gasteiger partial charge in [-0.2, -0.15) is 5.10 Å². The number of anilines is 1. The molecule has 1 aromatic carbocycles. The third kappa shape index (κ3) is 3.12. The average Bonchev–Trinajstić information content (AvgIpc) is 2.87. The lowest BCUT2D eigenvalue weighted by Gasteiger charge is -2.11. The van der Waals surface area contributed by atoms with E-state index in [1.54, 1.807) is 12.1 Å². The molecule has 3 aromatic rings. The molecule has 3 rings (SSSR count). The van der Waals surface area contributed by atoms with Gasteiger partial charge in [0.1, 0.15) is 5.82 Å². The summed E-state index contributed by atoms with van der Waals surface area (Å²) < 4.78 is 1.82. The lowest BCUT2D eigenvalue weighted by Crippen LogP contribution is -2.16. The molecule has 0 spiro atoms. The second-order valence-corrected chi connectivity index (χ2v) is 6.20. The maximum absolute atomic E-state index is 12.8. The minimum atomic E-state index is -0.190. The van der Waals surface area contributed by atoms with Crippen LogP contribution in [0.15, 0.2) is 30.3 Å². The summed E-state index contributed by atoms with van der Waals surface area (Å²) >= 11 is 6.23. The Balaban J connectivity index is 2.02. The Kier molecular flexibility index (Phi) is 4.53. The first-order valence-electron chi connectivity index (χ1n) is 7.91. The van der Waals surface area contributed by atoms with Crippen molar-refractivity contribution >= 4 is 34.2 Å². The van der Waals surface area contributed by atoms with E-state index in [0.717, 1.165) is 29.7 Å². The zero-order valence-corrected chi connectivity index (χ0v) is 14.7. The number of amides is 1. The molecular formula is C18H19ClN4O. The van der Waals surface area contributed by atoms with Gasteiger partial charge < -0.3 is 5.32 Å². The van der Waals surface area contributed by atoms with Crippen LogP contribution < -0.4 is 5.32 Å². The van der Waals surface area contributed by atoms with Gasteiger partial charge in [-0.3, -0.25) is 9.78 Å². The topological polar surface area (TPSA) is 59.8 Å². The fourth-order valence-electron chi connectivity index (χ4n) is 2.74. The highest BCUT2D eigenvalue weighted by Crippen LogP contribution is 2.26. The number of hydrogen-bond acceptors (Lipinski definition) is 3. The van der Waals surface area contributed by atoms with Gasteiger partial charge in [-0.05, 0) is 32.4 Å². The summed E-state index contributed by atoms with van der Waals surface area (Å²) in [5.74, 6) is 0.508. The Morgan fingerprint density at radius 2 is 2.04 bits per heavy atom. The fourth-order valence-corrected chi connectivity index (χ4v) is 2.96. The standard InChI is InChI=1S/C18H19ClN4O/c1-4-8-23-16(10-12(3)22-23)21-18(24)14-9-11(2)20-17-13(14)6-5-7-15(17)19/h5-7,9-10H,4,8H2,1-3H3,(H,21,24). The molecule has 0 fully saturated rings. The Morgan fingerprint density at radius 1 is 1.25 bits per heavy atom. The number of hydrogen-bond donors (Lipinski definition) is 1. The lowest BCUT2D eigenvalue weighted by atomic mass is 10.1. The molecule has 0 saturated carbocycles. The van der Waals surface area contributed by atoms with Crippen LogP contribution in [0.25, 0.3) is 10.9 Å². The first kappa shape index (κ1) is 16.5. The molecule has 5 nitrogen and oxygen atoms in total. The van der Waals surface area contributed by atoms with Gasteiger partial charge in [0.15, 0.2) is 0 Å². The van der Waals surface area contributed by atoms with Crippen molar-refractivity contribution in [2.45, 2.75) is 33.7 Å². The minimum absolute atomic E-state index is 0.190. The van der Waals surface area contributed by atoms with Crippen LogP contribution in [0.2, 0.25) is 5.02 Å². The van der Waals surface area contributed by atoms with Crippen LogP contribution in [0.1, 0.15) is 35.1 Å². The number of carbonyl (C=O) groups is 1. The van der Waals surface area contributed by atoms with Gasteiger partial charge in [0.2, 0.25) is 0 Å². The van der Waals surface area contributed by atoms with Crippen molar-refractivity contribution in [2.75, 3.05) is 5.32 Å². The van der Waals surface area contributed by atoms with Crippen molar-refractivity contribution in [3.63, 3.8) is 0 Å². The third-order valence-corrected chi connectivity index (χ3v) is 4.05. The molecule has 24 heavy (non-hydrogen) atoms. The van der Waals surface area contributed by atoms with E-state index in [4.69, 9.17) is 11.6 Å². The van der Waals surface area contributed by atoms with Crippen LogP contribution in [0.4, 0.5) is 5.82 Å². The van der Waals surface area contributed by atoms with Crippen LogP contribution in [-0.4, -0.2) is 20.7 Å². The van der Waals surface area contributed by atoms with E-state index >= 15 is 0 Å². The molecule has 0 unspecified atom stereocenters. The molecule has 0 aliphatic carbocycles. The van der Waals surface area contributed by atoms with Gasteiger partial charge in [0.05, 0.1) is 21.8 Å². The number of aromatic nitrogens is 3. The zero-order chi connectivity index (χ0) is 17.3. The Bertz CT molecular complexity index is 917. The summed E-state index contributed by atoms with van der Waals surface area (Å²) in [6.07, 6.45) is 0.941. The van der Waals surface area contributed by atoms with Crippen molar-refractivity contribution in [1.29, 1.82) is 0 Å². The second-order valence-electron chi connectivity index (χ2n) is 5.80. The molecule has 124 valence electrons. The van der Waals surface area contributed by atoms with Gasteiger partial charge in [0.25, 0.3) is 5.91 Å². The summed E-state index contributed by atoms with van der Waals surface area (Å²) in [4.78, 5) is 17.3. The van der Waals surface area contributed by atoms with Gasteiger partial charge >= 0.3 is 0 Å². The Labute approximate surface area is 145 Å². The summed E-state index contributed by atoms with van der Waals surface area (Å²) in [7, 11) is 0. The van der Waals surface area contributed by atoms with Gasteiger partial charge in [0, 0.05) is 23.7 Å². The van der Waals surface area contributed by atoms with Crippen molar-refractivity contribution in [3.05, 3.63) is 52.3 Å². The molecule has 0 aliphatic heterocycles. The number of fused-ring (bicyclic) bond motifs is 1. The molecule has 0 aliphatic rings. The third-order valence-electron chi connectivity index (χ3n) is 3.74. The summed E-state index contributed by atoms with van der Waals surface area (Å²) in [6, 6.07) is 9.11. The second kappa shape index (κ2) is 6.61. The van der Waals surface area contributed by atoms with Crippen LogP contribution >= 0.6 is 11.6 Å². The quantitative estimate of drug-likeness (QED) is 0.766. The zero-order valence-electron chi connectivity index (χ0n) is 13.9. The molecule has 2 heterocycles. The smallest absolute Gasteiger partial charge is 0.257 e. The molecule has 0 saturated heterocycles. The molecule has 0 bridgehead atoms. The number of nitrogens with one attached hydrogen (secondary N) is 1. The predicted molar refractivity (Wildman–Crippen MR) is 96.7 cm³/mol. The first-order valence-corrected chi connectivity index (χ1v) is 8.29. The molecule has 0 atom stereocenters. The summed E-state index contributed by atoms with van der Waals surface area (Å²) in [6.45, 7) is 6.59. The number of nitrogens with zero attached hydrogens (tertiary/aromatic N) is 3. The van der Waals surface area contributed by atoms with E-state index in [9.17, 15) is 4.79 Å². The van der Waals surface area contributed by atoms with E-state index in [2.05, 4.69) is 22.3 Å². The average molecular weight is 343 g/mol. The van der Waals surface area contributed by atoms with Crippen LogP contribution in [0.3, 0.4) is 0 Å². The number of rotatable bonds is 4. The molecular weight excluding hydrogens is 324 g/mol. The van der Waals surface area contributed by atoms with Crippen LogP contribution in [0.5, 0.6) is 0 Å². The Morgan fingerprint density at radius 3 is 2.79 bits per heavy atom. The maximum atomic E-state index is 12.8. The molecule has 6 heteroatoms. The SMILES string of the molecule is CCCn1nc(C)cc1NC(=O)c1cc(C)nc2c(Cl)cccc12. The minimum Gasteiger partial charge on any atom is -0.307 e. The number of aryl methyl sites for hydroxylation is 3. The maximum Gasteiger partial charge on any atom is 0.257 e. The predicted octanol–water partition coefficient (Wildman–Crippen LogP) is 4.36. The normalized spacial score (nSPS) is 11.0. The van der Waals surface area contributed by atoms with Crippen LogP contribution in [-0.2, 0) is 6.54 Å². The summed E-state index contributed by atoms with van der Waals surface area (Å²) in [5.41, 5.74) is 2.82. The number of carbonyl (C=O) groups excluding carboxylic acids is 1.